The minimum absolute atomic E-state index is 0.394. The average molecular weight is 256 g/mol. The highest BCUT2D eigenvalue weighted by molar-refractivity contribution is 4.65. The topological polar surface area (TPSA) is 40.5 Å². The highest BCUT2D eigenvalue weighted by Gasteiger charge is 2.12. The summed E-state index contributed by atoms with van der Waals surface area (Å²) in [6.45, 7) is 0.787. The van der Waals surface area contributed by atoms with Crippen LogP contribution in [0.2, 0.25) is 0 Å². The zero-order valence-corrected chi connectivity index (χ0v) is 11.9. The monoisotopic (exact) mass is 256 g/mol. The molecule has 0 aliphatic heterocycles. The van der Waals surface area contributed by atoms with Crippen molar-refractivity contribution < 1.29 is 10.2 Å². The molecule has 2 nitrogen and oxygen atoms in total. The second-order valence-electron chi connectivity index (χ2n) is 6.03. The summed E-state index contributed by atoms with van der Waals surface area (Å²) in [5, 5.41) is 17.2. The van der Waals surface area contributed by atoms with Crippen molar-refractivity contribution in [2.24, 2.45) is 11.8 Å². The van der Waals surface area contributed by atoms with Crippen molar-refractivity contribution >= 4 is 0 Å². The van der Waals surface area contributed by atoms with Crippen LogP contribution in [0.1, 0.15) is 77.0 Å². The van der Waals surface area contributed by atoms with Crippen molar-refractivity contribution in [1.29, 1.82) is 0 Å². The summed E-state index contributed by atoms with van der Waals surface area (Å²) >= 11 is 0. The van der Waals surface area contributed by atoms with Crippen LogP contribution in [0, 0.1) is 11.8 Å². The van der Waals surface area contributed by atoms with Crippen LogP contribution >= 0.6 is 0 Å². The summed E-state index contributed by atoms with van der Waals surface area (Å²) in [7, 11) is 0. The van der Waals surface area contributed by atoms with Gasteiger partial charge in [-0.05, 0) is 24.7 Å². The van der Waals surface area contributed by atoms with E-state index in [0.717, 1.165) is 24.7 Å². The Hall–Kier alpha value is -0.0800. The van der Waals surface area contributed by atoms with E-state index in [4.69, 9.17) is 10.2 Å². The zero-order valence-electron chi connectivity index (χ0n) is 11.9. The fraction of sp³-hybridized carbons (Fsp3) is 1.00. The third-order valence-electron chi connectivity index (χ3n) is 4.52. The van der Waals surface area contributed by atoms with Gasteiger partial charge in [0.2, 0.25) is 0 Å². The molecule has 0 atom stereocenters. The number of aliphatic hydroxyl groups excluding tert-OH is 2. The fourth-order valence-corrected chi connectivity index (χ4v) is 3.32. The lowest BCUT2D eigenvalue weighted by molar-refractivity contribution is 0.230. The first-order valence-electron chi connectivity index (χ1n) is 8.08. The van der Waals surface area contributed by atoms with E-state index in [1.165, 1.54) is 64.2 Å². The maximum absolute atomic E-state index is 8.62. The molecule has 2 N–H and O–H groups in total. The molecule has 0 unspecified atom stereocenters. The van der Waals surface area contributed by atoms with Gasteiger partial charge in [-0.1, -0.05) is 64.2 Å². The van der Waals surface area contributed by atoms with Crippen LogP contribution in [0.3, 0.4) is 0 Å². The molecule has 0 amide bonds. The van der Waals surface area contributed by atoms with E-state index in [1.54, 1.807) is 0 Å². The molecule has 108 valence electrons. The summed E-state index contributed by atoms with van der Waals surface area (Å²) < 4.78 is 0. The normalized spacial score (nSPS) is 22.3. The predicted molar refractivity (Wildman–Crippen MR) is 76.6 cm³/mol. The maximum Gasteiger partial charge on any atom is 0.0433 e. The number of rotatable bonds is 4. The number of aliphatic hydroxyl groups is 2. The van der Waals surface area contributed by atoms with Crippen LogP contribution in [0.25, 0.3) is 0 Å². The lowest BCUT2D eigenvalue weighted by atomic mass is 9.87. The van der Waals surface area contributed by atoms with E-state index in [-0.39, 0.29) is 0 Å². The standard InChI is InChI=1S/2C8H16O/c2*9-7-6-8-4-2-1-3-5-8/h2*8-9H,1-7H2. The Morgan fingerprint density at radius 3 is 1.17 bits per heavy atom. The van der Waals surface area contributed by atoms with Gasteiger partial charge in [0.05, 0.1) is 0 Å². The molecule has 0 aromatic heterocycles. The van der Waals surface area contributed by atoms with E-state index in [9.17, 15) is 0 Å². The second-order valence-corrected chi connectivity index (χ2v) is 6.03. The van der Waals surface area contributed by atoms with Crippen LogP contribution < -0.4 is 0 Å². The first kappa shape index (κ1) is 16.0. The van der Waals surface area contributed by atoms with Crippen LogP contribution in [-0.4, -0.2) is 23.4 Å². The quantitative estimate of drug-likeness (QED) is 0.801. The second kappa shape index (κ2) is 10.8. The maximum atomic E-state index is 8.62. The van der Waals surface area contributed by atoms with Crippen molar-refractivity contribution in [3.05, 3.63) is 0 Å². The molecule has 0 bridgehead atoms. The summed E-state index contributed by atoms with van der Waals surface area (Å²) in [6.07, 6.45) is 15.9. The highest BCUT2D eigenvalue weighted by atomic mass is 16.3. The van der Waals surface area contributed by atoms with Gasteiger partial charge in [-0.3, -0.25) is 0 Å². The third kappa shape index (κ3) is 7.38. The smallest absolute Gasteiger partial charge is 0.0433 e. The van der Waals surface area contributed by atoms with Gasteiger partial charge in [-0.15, -0.1) is 0 Å². The lowest BCUT2D eigenvalue weighted by Gasteiger charge is -2.19. The highest BCUT2D eigenvalue weighted by Crippen LogP contribution is 2.26. The third-order valence-corrected chi connectivity index (χ3v) is 4.52. The van der Waals surface area contributed by atoms with E-state index in [2.05, 4.69) is 0 Å². The minimum Gasteiger partial charge on any atom is -0.396 e. The Bertz CT molecular complexity index is 144. The van der Waals surface area contributed by atoms with Gasteiger partial charge >= 0.3 is 0 Å². The van der Waals surface area contributed by atoms with Crippen molar-refractivity contribution in [3.63, 3.8) is 0 Å². The van der Waals surface area contributed by atoms with E-state index >= 15 is 0 Å². The van der Waals surface area contributed by atoms with E-state index in [0.29, 0.717) is 13.2 Å². The Morgan fingerprint density at radius 1 is 0.556 bits per heavy atom. The van der Waals surface area contributed by atoms with Gasteiger partial charge in [-0.2, -0.15) is 0 Å². The molecule has 0 heterocycles. The van der Waals surface area contributed by atoms with Crippen LogP contribution in [-0.2, 0) is 0 Å². The molecule has 2 saturated carbocycles. The Kier molecular flexibility index (Phi) is 9.59. The van der Waals surface area contributed by atoms with Gasteiger partial charge in [0.15, 0.2) is 0 Å². The van der Waals surface area contributed by atoms with Crippen molar-refractivity contribution in [1.82, 2.24) is 0 Å². The minimum atomic E-state index is 0.394. The molecule has 0 aromatic carbocycles. The first-order valence-corrected chi connectivity index (χ1v) is 8.08. The van der Waals surface area contributed by atoms with Gasteiger partial charge in [0.1, 0.15) is 0 Å². The lowest BCUT2D eigenvalue weighted by Crippen LogP contribution is -2.07. The number of hydrogen-bond acceptors (Lipinski definition) is 2. The van der Waals surface area contributed by atoms with Crippen molar-refractivity contribution in [2.45, 2.75) is 77.0 Å². The molecule has 2 heteroatoms. The van der Waals surface area contributed by atoms with Crippen molar-refractivity contribution in [2.75, 3.05) is 13.2 Å². The molecule has 0 saturated heterocycles. The largest absolute Gasteiger partial charge is 0.396 e. The van der Waals surface area contributed by atoms with Gasteiger partial charge < -0.3 is 10.2 Å². The van der Waals surface area contributed by atoms with Crippen LogP contribution in [0.5, 0.6) is 0 Å². The summed E-state index contributed by atoms with van der Waals surface area (Å²) in [5.74, 6) is 1.70. The molecule has 0 radical (unpaired) electrons. The van der Waals surface area contributed by atoms with Crippen molar-refractivity contribution in [3.8, 4) is 0 Å². The molecule has 2 fully saturated rings. The molecular weight excluding hydrogens is 224 g/mol. The molecule has 0 spiro atoms. The summed E-state index contributed by atoms with van der Waals surface area (Å²) in [4.78, 5) is 0. The predicted octanol–water partition coefficient (Wildman–Crippen LogP) is 3.90. The van der Waals surface area contributed by atoms with Gasteiger partial charge in [0, 0.05) is 13.2 Å². The molecular formula is C16H32O2. The van der Waals surface area contributed by atoms with Crippen LogP contribution in [0.4, 0.5) is 0 Å². The molecule has 0 aromatic rings. The van der Waals surface area contributed by atoms with E-state index in [1.807, 2.05) is 0 Å². The first-order chi connectivity index (χ1) is 8.86. The molecule has 2 rings (SSSR count). The Labute approximate surface area is 113 Å². The molecule has 2 aliphatic carbocycles. The van der Waals surface area contributed by atoms with Gasteiger partial charge in [-0.25, -0.2) is 0 Å². The summed E-state index contributed by atoms with van der Waals surface area (Å²) in [6, 6.07) is 0. The molecule has 2 aliphatic rings. The summed E-state index contributed by atoms with van der Waals surface area (Å²) in [5.41, 5.74) is 0. The van der Waals surface area contributed by atoms with Crippen LogP contribution in [0.15, 0.2) is 0 Å². The van der Waals surface area contributed by atoms with Gasteiger partial charge in [0.25, 0.3) is 0 Å². The van der Waals surface area contributed by atoms with E-state index < -0.39 is 0 Å². The Morgan fingerprint density at radius 2 is 0.889 bits per heavy atom. The fourth-order valence-electron chi connectivity index (χ4n) is 3.32. The Balaban J connectivity index is 0.000000180. The SMILES string of the molecule is OCCC1CCCCC1.OCCC1CCCCC1. The average Bonchev–Trinajstić information content (AvgIpc) is 2.43. The number of hydrogen-bond donors (Lipinski definition) is 2. The zero-order chi connectivity index (χ0) is 13.1. The molecule has 18 heavy (non-hydrogen) atoms.